The van der Waals surface area contributed by atoms with Crippen molar-refractivity contribution in [1.82, 2.24) is 5.43 Å². The Labute approximate surface area is 98.9 Å². The molecule has 92 valence electrons. The fraction of sp³-hybridized carbons (Fsp3) is 0.273. The summed E-state index contributed by atoms with van der Waals surface area (Å²) < 4.78 is 9.49. The molecule has 0 aliphatic rings. The van der Waals surface area contributed by atoms with E-state index in [0.717, 1.165) is 0 Å². The van der Waals surface area contributed by atoms with Crippen molar-refractivity contribution in [1.29, 1.82) is 0 Å². The van der Waals surface area contributed by atoms with Crippen LogP contribution >= 0.6 is 0 Å². The summed E-state index contributed by atoms with van der Waals surface area (Å²) in [4.78, 5) is 22.1. The molecule has 0 fully saturated rings. The van der Waals surface area contributed by atoms with E-state index in [-0.39, 0.29) is 6.61 Å². The van der Waals surface area contributed by atoms with Crippen LogP contribution in [0.2, 0.25) is 0 Å². The normalized spacial score (nSPS) is 9.29. The maximum absolute atomic E-state index is 11.2. The van der Waals surface area contributed by atoms with Crippen LogP contribution in [0.25, 0.3) is 0 Å². The van der Waals surface area contributed by atoms with E-state index in [0.29, 0.717) is 11.4 Å². The molecule has 0 aliphatic carbocycles. The van der Waals surface area contributed by atoms with Crippen molar-refractivity contribution in [3.05, 3.63) is 24.3 Å². The molecule has 0 heterocycles. The maximum Gasteiger partial charge on any atom is 0.398 e. The van der Waals surface area contributed by atoms with Gasteiger partial charge in [0.15, 0.2) is 0 Å². The van der Waals surface area contributed by atoms with Crippen LogP contribution in [-0.4, -0.2) is 25.6 Å². The van der Waals surface area contributed by atoms with Crippen molar-refractivity contribution in [3.63, 3.8) is 0 Å². The van der Waals surface area contributed by atoms with Gasteiger partial charge in [0.25, 0.3) is 0 Å². The Balaban J connectivity index is 2.44. The molecular formula is C11H14N2O4. The minimum absolute atomic E-state index is 0.161. The van der Waals surface area contributed by atoms with Crippen LogP contribution in [0.1, 0.15) is 6.92 Å². The van der Waals surface area contributed by atoms with Crippen LogP contribution in [0.3, 0.4) is 0 Å². The molecule has 1 aromatic carbocycles. The predicted molar refractivity (Wildman–Crippen MR) is 61.4 cm³/mol. The van der Waals surface area contributed by atoms with Crippen molar-refractivity contribution >= 4 is 17.6 Å². The van der Waals surface area contributed by atoms with E-state index in [1.54, 1.807) is 38.3 Å². The highest BCUT2D eigenvalue weighted by atomic mass is 16.5. The van der Waals surface area contributed by atoms with E-state index in [2.05, 4.69) is 15.6 Å². The minimum Gasteiger partial charge on any atom is -0.497 e. The molecule has 0 saturated carbocycles. The number of anilines is 1. The molecule has 6 nitrogen and oxygen atoms in total. The molecule has 0 bridgehead atoms. The average Bonchev–Trinajstić information content (AvgIpc) is 2.36. The van der Waals surface area contributed by atoms with E-state index in [1.165, 1.54) is 0 Å². The Morgan fingerprint density at radius 2 is 1.88 bits per heavy atom. The summed E-state index contributed by atoms with van der Waals surface area (Å²) in [5, 5.41) is 0. The van der Waals surface area contributed by atoms with E-state index in [4.69, 9.17) is 4.74 Å². The monoisotopic (exact) mass is 238 g/mol. The van der Waals surface area contributed by atoms with E-state index >= 15 is 0 Å². The van der Waals surface area contributed by atoms with Gasteiger partial charge in [0, 0.05) is 0 Å². The van der Waals surface area contributed by atoms with Crippen LogP contribution in [0, 0.1) is 0 Å². The number of amides is 1. The largest absolute Gasteiger partial charge is 0.497 e. The molecule has 17 heavy (non-hydrogen) atoms. The molecule has 0 aromatic heterocycles. The summed E-state index contributed by atoms with van der Waals surface area (Å²) >= 11 is 0. The fourth-order valence-corrected chi connectivity index (χ4v) is 1.05. The standard InChI is InChI=1S/C11H14N2O4/c1-3-17-11(15)10(14)13-12-8-4-6-9(16-2)7-5-8/h4-7,12H,3H2,1-2H3,(H,13,14). The van der Waals surface area contributed by atoms with Crippen molar-refractivity contribution in [2.45, 2.75) is 6.92 Å². The summed E-state index contributed by atoms with van der Waals surface area (Å²) in [7, 11) is 1.56. The highest BCUT2D eigenvalue weighted by molar-refractivity contribution is 6.32. The summed E-state index contributed by atoms with van der Waals surface area (Å²) in [5.74, 6) is -1.07. The van der Waals surface area contributed by atoms with Gasteiger partial charge in [-0.2, -0.15) is 0 Å². The molecule has 0 aliphatic heterocycles. The lowest BCUT2D eigenvalue weighted by atomic mass is 10.3. The number of hydrogen-bond donors (Lipinski definition) is 2. The Bertz CT molecular complexity index is 389. The maximum atomic E-state index is 11.2. The quantitative estimate of drug-likeness (QED) is 0.459. The SMILES string of the molecule is CCOC(=O)C(=O)NNc1ccc(OC)cc1. The van der Waals surface area contributed by atoms with Gasteiger partial charge in [-0.3, -0.25) is 15.6 Å². The van der Waals surface area contributed by atoms with Gasteiger partial charge < -0.3 is 9.47 Å². The topological polar surface area (TPSA) is 76.7 Å². The third-order valence-electron chi connectivity index (χ3n) is 1.87. The van der Waals surface area contributed by atoms with Gasteiger partial charge in [-0.15, -0.1) is 0 Å². The van der Waals surface area contributed by atoms with Gasteiger partial charge in [0.05, 0.1) is 19.4 Å². The van der Waals surface area contributed by atoms with Crippen molar-refractivity contribution in [3.8, 4) is 5.75 Å². The lowest BCUT2D eigenvalue weighted by Gasteiger charge is -2.08. The van der Waals surface area contributed by atoms with Crippen molar-refractivity contribution in [2.24, 2.45) is 0 Å². The molecular weight excluding hydrogens is 224 g/mol. The second-order valence-corrected chi connectivity index (χ2v) is 3.03. The summed E-state index contributed by atoms with van der Waals surface area (Å²) in [5.41, 5.74) is 5.42. The van der Waals surface area contributed by atoms with Crippen LogP contribution in [0.15, 0.2) is 24.3 Å². The number of benzene rings is 1. The first-order valence-electron chi connectivity index (χ1n) is 5.04. The number of hydrogen-bond acceptors (Lipinski definition) is 5. The minimum atomic E-state index is -0.923. The number of rotatable bonds is 4. The number of carbonyl (C=O) groups excluding carboxylic acids is 2. The molecule has 0 spiro atoms. The smallest absolute Gasteiger partial charge is 0.398 e. The first-order chi connectivity index (χ1) is 8.17. The van der Waals surface area contributed by atoms with Crippen LogP contribution in [0.5, 0.6) is 5.75 Å². The lowest BCUT2D eigenvalue weighted by molar-refractivity contribution is -0.154. The fourth-order valence-electron chi connectivity index (χ4n) is 1.05. The third-order valence-corrected chi connectivity index (χ3v) is 1.87. The zero-order valence-electron chi connectivity index (χ0n) is 9.65. The second kappa shape index (κ2) is 6.37. The molecule has 0 saturated heterocycles. The molecule has 2 N–H and O–H groups in total. The van der Waals surface area contributed by atoms with E-state index in [1.807, 2.05) is 0 Å². The number of carbonyl (C=O) groups is 2. The number of hydrazine groups is 1. The Morgan fingerprint density at radius 1 is 1.24 bits per heavy atom. The molecule has 0 atom stereocenters. The zero-order chi connectivity index (χ0) is 12.7. The van der Waals surface area contributed by atoms with Gasteiger partial charge in [0.2, 0.25) is 0 Å². The molecule has 1 aromatic rings. The third kappa shape index (κ3) is 4.02. The van der Waals surface area contributed by atoms with E-state index in [9.17, 15) is 9.59 Å². The van der Waals surface area contributed by atoms with Gasteiger partial charge >= 0.3 is 11.9 Å². The van der Waals surface area contributed by atoms with Gasteiger partial charge in [-0.1, -0.05) is 0 Å². The first-order valence-corrected chi connectivity index (χ1v) is 5.04. The number of esters is 1. The molecule has 6 heteroatoms. The van der Waals surface area contributed by atoms with Crippen LogP contribution < -0.4 is 15.6 Å². The highest BCUT2D eigenvalue weighted by Gasteiger charge is 2.13. The number of methoxy groups -OCH3 is 1. The predicted octanol–water partition coefficient (Wildman–Crippen LogP) is 0.701. The van der Waals surface area contributed by atoms with Gasteiger partial charge in [-0.05, 0) is 31.2 Å². The van der Waals surface area contributed by atoms with E-state index < -0.39 is 11.9 Å². The summed E-state index contributed by atoms with van der Waals surface area (Å²) in [6.45, 7) is 1.79. The lowest BCUT2D eigenvalue weighted by Crippen LogP contribution is -2.36. The van der Waals surface area contributed by atoms with Crippen LogP contribution in [0.4, 0.5) is 5.69 Å². The van der Waals surface area contributed by atoms with Crippen molar-refractivity contribution < 1.29 is 19.1 Å². The Morgan fingerprint density at radius 3 is 2.41 bits per heavy atom. The zero-order valence-corrected chi connectivity index (χ0v) is 9.65. The summed E-state index contributed by atoms with van der Waals surface area (Å²) in [6.07, 6.45) is 0. The molecule has 1 rings (SSSR count). The van der Waals surface area contributed by atoms with Crippen LogP contribution in [-0.2, 0) is 14.3 Å². The average molecular weight is 238 g/mol. The summed E-state index contributed by atoms with van der Waals surface area (Å²) in [6, 6.07) is 6.84. The highest BCUT2D eigenvalue weighted by Crippen LogP contribution is 2.13. The van der Waals surface area contributed by atoms with Gasteiger partial charge in [-0.25, -0.2) is 4.79 Å². The number of nitrogens with one attached hydrogen (secondary N) is 2. The Hall–Kier alpha value is -2.24. The molecule has 0 radical (unpaired) electrons. The number of ether oxygens (including phenoxy) is 2. The van der Waals surface area contributed by atoms with Gasteiger partial charge in [0.1, 0.15) is 5.75 Å². The van der Waals surface area contributed by atoms with Crippen molar-refractivity contribution in [2.75, 3.05) is 19.1 Å². The molecule has 1 amide bonds. The molecule has 0 unspecified atom stereocenters. The first kappa shape index (κ1) is 12.8. The Kier molecular flexibility index (Phi) is 4.80. The second-order valence-electron chi connectivity index (χ2n) is 3.03.